The first-order chi connectivity index (χ1) is 13.5. The number of fused-ring (bicyclic) bond motifs is 5. The lowest BCUT2D eigenvalue weighted by molar-refractivity contribution is -0.123. The molecular formula is C23H19NO4. The van der Waals surface area contributed by atoms with Crippen LogP contribution in [-0.4, -0.2) is 17.8 Å². The highest BCUT2D eigenvalue weighted by atomic mass is 16.5. The molecule has 4 atom stereocenters. The van der Waals surface area contributed by atoms with E-state index in [2.05, 4.69) is 12.2 Å². The van der Waals surface area contributed by atoms with E-state index in [4.69, 9.17) is 4.74 Å². The number of anilines is 1. The maximum Gasteiger partial charge on any atom is 0.343 e. The summed E-state index contributed by atoms with van der Waals surface area (Å²) >= 11 is 0. The molecule has 3 aliphatic rings. The van der Waals surface area contributed by atoms with Crippen LogP contribution >= 0.6 is 0 Å². The average molecular weight is 373 g/mol. The van der Waals surface area contributed by atoms with Crippen LogP contribution in [0.5, 0.6) is 5.75 Å². The van der Waals surface area contributed by atoms with Gasteiger partial charge in [-0.05, 0) is 67.1 Å². The molecule has 1 aliphatic heterocycles. The van der Waals surface area contributed by atoms with Crippen molar-refractivity contribution in [1.82, 2.24) is 0 Å². The highest BCUT2D eigenvalue weighted by Crippen LogP contribution is 2.53. The second kappa shape index (κ2) is 6.16. The fourth-order valence-electron chi connectivity index (χ4n) is 4.75. The van der Waals surface area contributed by atoms with Crippen LogP contribution in [0, 0.1) is 30.6 Å². The van der Waals surface area contributed by atoms with Gasteiger partial charge in [0, 0.05) is 0 Å². The zero-order valence-electron chi connectivity index (χ0n) is 15.4. The molecule has 0 spiro atoms. The van der Waals surface area contributed by atoms with Crippen molar-refractivity contribution in [1.29, 1.82) is 0 Å². The molecule has 2 fully saturated rings. The third-order valence-electron chi connectivity index (χ3n) is 6.03. The Bertz CT molecular complexity index is 993. The van der Waals surface area contributed by atoms with E-state index in [9.17, 15) is 14.4 Å². The summed E-state index contributed by atoms with van der Waals surface area (Å²) in [7, 11) is 0. The number of imide groups is 1. The summed E-state index contributed by atoms with van der Waals surface area (Å²) in [4.78, 5) is 39.4. The van der Waals surface area contributed by atoms with E-state index in [0.29, 0.717) is 17.0 Å². The second-order valence-electron chi connectivity index (χ2n) is 7.76. The molecule has 2 aromatic carbocycles. The molecule has 2 bridgehead atoms. The Kier molecular flexibility index (Phi) is 3.72. The number of aryl methyl sites for hydroxylation is 1. The maximum atomic E-state index is 12.9. The number of amides is 2. The molecule has 1 saturated heterocycles. The number of carbonyl (C=O) groups excluding carboxylic acids is 3. The van der Waals surface area contributed by atoms with Gasteiger partial charge in [0.15, 0.2) is 0 Å². The smallest absolute Gasteiger partial charge is 0.343 e. The first-order valence-electron chi connectivity index (χ1n) is 9.48. The molecule has 0 aromatic heterocycles. The predicted molar refractivity (Wildman–Crippen MR) is 103 cm³/mol. The largest absolute Gasteiger partial charge is 0.423 e. The second-order valence-corrected chi connectivity index (χ2v) is 7.76. The van der Waals surface area contributed by atoms with E-state index in [1.807, 2.05) is 19.1 Å². The maximum absolute atomic E-state index is 12.9. The molecular weight excluding hydrogens is 354 g/mol. The molecule has 140 valence electrons. The minimum Gasteiger partial charge on any atom is -0.423 e. The van der Waals surface area contributed by atoms with Crippen molar-refractivity contribution < 1.29 is 19.1 Å². The Morgan fingerprint density at radius 2 is 1.61 bits per heavy atom. The van der Waals surface area contributed by atoms with E-state index in [0.717, 1.165) is 12.0 Å². The number of carbonyl (C=O) groups is 3. The van der Waals surface area contributed by atoms with Crippen LogP contribution in [0.25, 0.3) is 0 Å². The fourth-order valence-corrected chi connectivity index (χ4v) is 4.75. The molecule has 2 aliphatic carbocycles. The quantitative estimate of drug-likeness (QED) is 0.357. The molecule has 2 amide bonds. The minimum absolute atomic E-state index is 0.123. The third-order valence-corrected chi connectivity index (χ3v) is 6.03. The average Bonchev–Trinajstić information content (AvgIpc) is 3.36. The molecule has 0 radical (unpaired) electrons. The summed E-state index contributed by atoms with van der Waals surface area (Å²) in [6.07, 6.45) is 5.06. The SMILES string of the molecule is Cc1cccc(OC(=O)c2ccc(N3C(=O)[C@@H]4[C@@H](C3=O)[C@H]3C=C[C@H]4C3)cc2)c1. The van der Waals surface area contributed by atoms with E-state index in [1.54, 1.807) is 36.4 Å². The van der Waals surface area contributed by atoms with Gasteiger partial charge in [-0.2, -0.15) is 0 Å². The molecule has 0 unspecified atom stereocenters. The van der Waals surface area contributed by atoms with Gasteiger partial charge in [0.2, 0.25) is 11.8 Å². The van der Waals surface area contributed by atoms with Crippen molar-refractivity contribution in [3.05, 3.63) is 71.8 Å². The number of hydrogen-bond acceptors (Lipinski definition) is 4. The lowest BCUT2D eigenvalue weighted by atomic mass is 9.85. The summed E-state index contributed by atoms with van der Waals surface area (Å²) in [5, 5.41) is 0. The van der Waals surface area contributed by atoms with Gasteiger partial charge in [-0.15, -0.1) is 0 Å². The van der Waals surface area contributed by atoms with Crippen molar-refractivity contribution in [3.8, 4) is 5.75 Å². The van der Waals surface area contributed by atoms with E-state index >= 15 is 0 Å². The van der Waals surface area contributed by atoms with Crippen molar-refractivity contribution >= 4 is 23.5 Å². The van der Waals surface area contributed by atoms with E-state index in [1.165, 1.54) is 4.90 Å². The van der Waals surface area contributed by atoms with Gasteiger partial charge in [0.05, 0.1) is 23.1 Å². The van der Waals surface area contributed by atoms with Gasteiger partial charge in [0.25, 0.3) is 0 Å². The van der Waals surface area contributed by atoms with E-state index in [-0.39, 0.29) is 35.5 Å². The Labute approximate surface area is 162 Å². The highest BCUT2D eigenvalue weighted by molar-refractivity contribution is 6.22. The Hall–Kier alpha value is -3.21. The third kappa shape index (κ3) is 2.50. The zero-order chi connectivity index (χ0) is 19.4. The number of ether oxygens (including phenoxy) is 1. The van der Waals surface area contributed by atoms with E-state index < -0.39 is 5.97 Å². The van der Waals surface area contributed by atoms with Crippen LogP contribution in [0.2, 0.25) is 0 Å². The summed E-state index contributed by atoms with van der Waals surface area (Å²) in [6, 6.07) is 13.7. The van der Waals surface area contributed by atoms with Crippen molar-refractivity contribution in [3.63, 3.8) is 0 Å². The summed E-state index contributed by atoms with van der Waals surface area (Å²) in [5.41, 5.74) is 1.88. The van der Waals surface area contributed by atoms with Gasteiger partial charge < -0.3 is 4.74 Å². The molecule has 5 rings (SSSR count). The molecule has 2 aromatic rings. The van der Waals surface area contributed by atoms with Gasteiger partial charge in [0.1, 0.15) is 5.75 Å². The number of allylic oxidation sites excluding steroid dienone is 2. The number of benzene rings is 2. The van der Waals surface area contributed by atoms with Gasteiger partial charge in [-0.3, -0.25) is 14.5 Å². The fraction of sp³-hybridized carbons (Fsp3) is 0.261. The van der Waals surface area contributed by atoms with Crippen LogP contribution in [0.3, 0.4) is 0 Å². The highest BCUT2D eigenvalue weighted by Gasteiger charge is 2.59. The number of hydrogen-bond donors (Lipinski definition) is 0. The first kappa shape index (κ1) is 16.9. The minimum atomic E-state index is -0.477. The molecule has 1 saturated carbocycles. The molecule has 1 heterocycles. The lowest BCUT2D eigenvalue weighted by Gasteiger charge is -2.17. The Morgan fingerprint density at radius 3 is 2.21 bits per heavy atom. The standard InChI is InChI=1S/C23H19NO4/c1-13-3-2-4-18(11-13)28-23(27)14-7-9-17(10-8-14)24-21(25)19-15-5-6-16(12-15)20(19)22(24)26/h2-11,15-16,19-20H,12H2,1H3/t15-,16-,19-,20-/m0/s1. The van der Waals surface area contributed by atoms with Crippen molar-refractivity contribution in [2.75, 3.05) is 4.90 Å². The monoisotopic (exact) mass is 373 g/mol. The molecule has 28 heavy (non-hydrogen) atoms. The topological polar surface area (TPSA) is 63.7 Å². The molecule has 0 N–H and O–H groups in total. The van der Waals surface area contributed by atoms with Crippen LogP contribution in [-0.2, 0) is 9.59 Å². The molecule has 5 nitrogen and oxygen atoms in total. The van der Waals surface area contributed by atoms with Gasteiger partial charge >= 0.3 is 5.97 Å². The number of nitrogens with zero attached hydrogens (tertiary/aromatic N) is 1. The van der Waals surface area contributed by atoms with Crippen LogP contribution < -0.4 is 9.64 Å². The predicted octanol–water partition coefficient (Wildman–Crippen LogP) is 3.53. The van der Waals surface area contributed by atoms with Gasteiger partial charge in [-0.25, -0.2) is 4.79 Å². The van der Waals surface area contributed by atoms with Crippen LogP contribution in [0.1, 0.15) is 22.3 Å². The van der Waals surface area contributed by atoms with Gasteiger partial charge in [-0.1, -0.05) is 24.3 Å². The zero-order valence-corrected chi connectivity index (χ0v) is 15.4. The van der Waals surface area contributed by atoms with Crippen LogP contribution in [0.4, 0.5) is 5.69 Å². The lowest BCUT2D eigenvalue weighted by Crippen LogP contribution is -2.32. The Balaban J connectivity index is 1.35. The normalized spacial score (nSPS) is 27.4. The van der Waals surface area contributed by atoms with Crippen molar-refractivity contribution in [2.24, 2.45) is 23.7 Å². The first-order valence-corrected chi connectivity index (χ1v) is 9.48. The summed E-state index contributed by atoms with van der Waals surface area (Å²) in [5.74, 6) is -0.337. The van der Waals surface area contributed by atoms with Crippen molar-refractivity contribution in [2.45, 2.75) is 13.3 Å². The number of esters is 1. The Morgan fingerprint density at radius 1 is 0.964 bits per heavy atom. The summed E-state index contributed by atoms with van der Waals surface area (Å²) in [6.45, 7) is 1.92. The molecule has 5 heteroatoms. The van der Waals surface area contributed by atoms with Crippen LogP contribution in [0.15, 0.2) is 60.7 Å². The number of rotatable bonds is 3. The summed E-state index contributed by atoms with van der Waals surface area (Å²) < 4.78 is 5.39.